The van der Waals surface area contributed by atoms with Crippen LogP contribution in [-0.4, -0.2) is 50.7 Å². The number of pyridine rings is 1. The fraction of sp³-hybridized carbons (Fsp3) is 0.154. The van der Waals surface area contributed by atoms with Gasteiger partial charge in [0.1, 0.15) is 17.5 Å². The highest BCUT2D eigenvalue weighted by atomic mass is 32.2. The van der Waals surface area contributed by atoms with E-state index >= 15 is 0 Å². The zero-order valence-corrected chi connectivity index (χ0v) is 20.3. The minimum absolute atomic E-state index is 0.0386. The first-order valence-electron chi connectivity index (χ1n) is 11.4. The van der Waals surface area contributed by atoms with E-state index in [1.807, 2.05) is 9.80 Å². The predicted molar refractivity (Wildman–Crippen MR) is 137 cm³/mol. The smallest absolute Gasteiger partial charge is 0.336 e. The van der Waals surface area contributed by atoms with Gasteiger partial charge in [0, 0.05) is 37.3 Å². The van der Waals surface area contributed by atoms with E-state index in [1.54, 1.807) is 18.2 Å². The Morgan fingerprint density at radius 3 is 2.32 bits per heavy atom. The van der Waals surface area contributed by atoms with E-state index in [9.17, 15) is 27.1 Å². The third kappa shape index (κ3) is 5.03. The standard InChI is InChI=1S/C26H22F2N4O4S/c27-17-4-3-5-19(14-17)37(35,36)30-18-8-9-23-20(15-18)21(26(33)34)16-25(29-23)32-12-10-31(11-13-32)24-7-2-1-6-22(24)28/h1-9,14-16,30H,10-13H2,(H,33,34). The van der Waals surface area contributed by atoms with E-state index in [1.165, 1.54) is 42.5 Å². The van der Waals surface area contributed by atoms with Crippen molar-refractivity contribution in [2.24, 2.45) is 0 Å². The number of sulfonamides is 1. The molecule has 1 aliphatic rings. The quantitative estimate of drug-likeness (QED) is 0.387. The molecule has 0 atom stereocenters. The topological polar surface area (TPSA) is 103 Å². The summed E-state index contributed by atoms with van der Waals surface area (Å²) in [5, 5.41) is 10.1. The Balaban J connectivity index is 1.41. The van der Waals surface area contributed by atoms with Crippen LogP contribution in [0, 0.1) is 11.6 Å². The molecule has 0 radical (unpaired) electrons. The van der Waals surface area contributed by atoms with Gasteiger partial charge in [0.15, 0.2) is 0 Å². The van der Waals surface area contributed by atoms with Gasteiger partial charge in [-0.3, -0.25) is 4.72 Å². The van der Waals surface area contributed by atoms with Crippen molar-refractivity contribution in [3.8, 4) is 0 Å². The molecular formula is C26H22F2N4O4S. The molecular weight excluding hydrogens is 502 g/mol. The largest absolute Gasteiger partial charge is 0.478 e. The van der Waals surface area contributed by atoms with E-state index in [2.05, 4.69) is 9.71 Å². The van der Waals surface area contributed by atoms with E-state index in [4.69, 9.17) is 0 Å². The van der Waals surface area contributed by atoms with Gasteiger partial charge < -0.3 is 14.9 Å². The minimum Gasteiger partial charge on any atom is -0.478 e. The zero-order chi connectivity index (χ0) is 26.2. The second kappa shape index (κ2) is 9.66. The summed E-state index contributed by atoms with van der Waals surface area (Å²) in [7, 11) is -4.09. The number of aromatic carboxylic acids is 1. The Morgan fingerprint density at radius 1 is 0.892 bits per heavy atom. The molecule has 8 nitrogen and oxygen atoms in total. The molecule has 2 heterocycles. The second-order valence-corrected chi connectivity index (χ2v) is 10.2. The molecule has 0 unspecified atom stereocenters. The fourth-order valence-electron chi connectivity index (χ4n) is 4.35. The van der Waals surface area contributed by atoms with Gasteiger partial charge >= 0.3 is 5.97 Å². The molecule has 1 aromatic heterocycles. The van der Waals surface area contributed by atoms with Crippen LogP contribution in [-0.2, 0) is 10.0 Å². The average molecular weight is 525 g/mol. The number of fused-ring (bicyclic) bond motifs is 1. The van der Waals surface area contributed by atoms with Crippen LogP contribution >= 0.6 is 0 Å². The molecule has 0 saturated carbocycles. The number of para-hydroxylation sites is 1. The molecule has 3 aromatic carbocycles. The molecule has 1 fully saturated rings. The number of aromatic nitrogens is 1. The van der Waals surface area contributed by atoms with Crippen LogP contribution in [0.5, 0.6) is 0 Å². The van der Waals surface area contributed by atoms with Gasteiger partial charge in [-0.05, 0) is 54.6 Å². The van der Waals surface area contributed by atoms with Crippen molar-refractivity contribution < 1.29 is 27.1 Å². The Kier molecular flexibility index (Phi) is 6.38. The molecule has 11 heteroatoms. The summed E-state index contributed by atoms with van der Waals surface area (Å²) in [6.07, 6.45) is 0. The first-order chi connectivity index (χ1) is 17.7. The van der Waals surface area contributed by atoms with E-state index in [0.717, 1.165) is 12.1 Å². The van der Waals surface area contributed by atoms with Gasteiger partial charge in [0.25, 0.3) is 10.0 Å². The van der Waals surface area contributed by atoms with Crippen LogP contribution in [0.15, 0.2) is 77.7 Å². The Morgan fingerprint density at radius 2 is 1.62 bits per heavy atom. The summed E-state index contributed by atoms with van der Waals surface area (Å²) in [5.41, 5.74) is 0.976. The molecule has 1 saturated heterocycles. The van der Waals surface area contributed by atoms with Crippen LogP contribution in [0.1, 0.15) is 10.4 Å². The number of benzene rings is 3. The summed E-state index contributed by atoms with van der Waals surface area (Å²) < 4.78 is 55.4. The van der Waals surface area contributed by atoms with Crippen LogP contribution < -0.4 is 14.5 Å². The third-order valence-electron chi connectivity index (χ3n) is 6.18. The normalized spacial score (nSPS) is 14.1. The van der Waals surface area contributed by atoms with Crippen molar-refractivity contribution in [1.29, 1.82) is 0 Å². The molecule has 4 aromatic rings. The summed E-state index contributed by atoms with van der Waals surface area (Å²) >= 11 is 0. The second-order valence-electron chi connectivity index (χ2n) is 8.55. The highest BCUT2D eigenvalue weighted by Gasteiger charge is 2.23. The van der Waals surface area contributed by atoms with Crippen LogP contribution in [0.3, 0.4) is 0 Å². The van der Waals surface area contributed by atoms with Gasteiger partial charge in [-0.15, -0.1) is 0 Å². The molecule has 0 spiro atoms. The molecule has 0 amide bonds. The summed E-state index contributed by atoms with van der Waals surface area (Å²) in [4.78, 5) is 20.3. The van der Waals surface area contributed by atoms with Crippen molar-refractivity contribution in [2.45, 2.75) is 4.90 Å². The number of hydrogen-bond acceptors (Lipinski definition) is 6. The van der Waals surface area contributed by atoms with Crippen molar-refractivity contribution in [3.63, 3.8) is 0 Å². The van der Waals surface area contributed by atoms with E-state index in [0.29, 0.717) is 43.2 Å². The Hall–Kier alpha value is -4.25. The van der Waals surface area contributed by atoms with Gasteiger partial charge in [0.2, 0.25) is 0 Å². The number of carboxylic acids is 1. The molecule has 0 aliphatic carbocycles. The molecule has 37 heavy (non-hydrogen) atoms. The molecule has 5 rings (SSSR count). The first-order valence-corrected chi connectivity index (χ1v) is 12.9. The summed E-state index contributed by atoms with van der Waals surface area (Å²) in [6, 6.07) is 17.0. The van der Waals surface area contributed by atoms with Crippen molar-refractivity contribution in [2.75, 3.05) is 40.7 Å². The maximum atomic E-state index is 14.2. The van der Waals surface area contributed by atoms with Gasteiger partial charge in [-0.1, -0.05) is 18.2 Å². The number of nitrogens with zero attached hydrogens (tertiary/aromatic N) is 3. The predicted octanol–water partition coefficient (Wildman–Crippen LogP) is 4.34. The highest BCUT2D eigenvalue weighted by Crippen LogP contribution is 2.29. The molecule has 1 aliphatic heterocycles. The van der Waals surface area contributed by atoms with E-state index in [-0.39, 0.29) is 27.3 Å². The summed E-state index contributed by atoms with van der Waals surface area (Å²) in [5.74, 6) is -1.72. The maximum Gasteiger partial charge on any atom is 0.336 e. The van der Waals surface area contributed by atoms with Crippen molar-refractivity contribution >= 4 is 44.1 Å². The Labute approximate surface area is 211 Å². The van der Waals surface area contributed by atoms with Gasteiger partial charge in [0.05, 0.1) is 21.7 Å². The van der Waals surface area contributed by atoms with Crippen LogP contribution in [0.2, 0.25) is 0 Å². The zero-order valence-electron chi connectivity index (χ0n) is 19.4. The monoisotopic (exact) mass is 524 g/mol. The molecule has 0 bridgehead atoms. The number of hydrogen-bond donors (Lipinski definition) is 2. The SMILES string of the molecule is O=C(O)c1cc(N2CCN(c3ccccc3F)CC2)nc2ccc(NS(=O)(=O)c3cccc(F)c3)cc12. The lowest BCUT2D eigenvalue weighted by Crippen LogP contribution is -2.47. The van der Waals surface area contributed by atoms with Gasteiger partial charge in [-0.2, -0.15) is 0 Å². The lowest BCUT2D eigenvalue weighted by Gasteiger charge is -2.37. The van der Waals surface area contributed by atoms with Crippen molar-refractivity contribution in [3.05, 3.63) is 90.0 Å². The fourth-order valence-corrected chi connectivity index (χ4v) is 5.43. The Bertz CT molecular complexity index is 1610. The summed E-state index contributed by atoms with van der Waals surface area (Å²) in [6.45, 7) is 2.09. The first kappa shape index (κ1) is 24.4. The highest BCUT2D eigenvalue weighted by molar-refractivity contribution is 7.92. The van der Waals surface area contributed by atoms with Crippen molar-refractivity contribution in [1.82, 2.24) is 4.98 Å². The number of carbonyl (C=O) groups is 1. The number of nitrogens with one attached hydrogen (secondary N) is 1. The third-order valence-corrected chi connectivity index (χ3v) is 7.56. The number of piperazine rings is 1. The van der Waals surface area contributed by atoms with E-state index < -0.39 is 21.8 Å². The van der Waals surface area contributed by atoms with Crippen LogP contribution in [0.25, 0.3) is 10.9 Å². The van der Waals surface area contributed by atoms with Crippen LogP contribution in [0.4, 0.5) is 26.0 Å². The number of carboxylic acid groups (broad SMARTS) is 1. The number of rotatable bonds is 6. The minimum atomic E-state index is -4.09. The number of anilines is 3. The molecule has 190 valence electrons. The lowest BCUT2D eigenvalue weighted by molar-refractivity contribution is 0.0699. The number of halogens is 2. The average Bonchev–Trinajstić information content (AvgIpc) is 2.88. The van der Waals surface area contributed by atoms with Gasteiger partial charge in [-0.25, -0.2) is 27.0 Å². The lowest BCUT2D eigenvalue weighted by atomic mass is 10.1. The maximum absolute atomic E-state index is 14.2. The molecule has 2 N–H and O–H groups in total.